The Morgan fingerprint density at radius 1 is 1.10 bits per heavy atom. The second kappa shape index (κ2) is 8.85. The van der Waals surface area contributed by atoms with Crippen LogP contribution in [0.4, 0.5) is 0 Å². The van der Waals surface area contributed by atoms with Crippen LogP contribution < -0.4 is 15.4 Å². The second-order valence-electron chi connectivity index (χ2n) is 7.50. The lowest BCUT2D eigenvalue weighted by atomic mass is 10.2. The van der Waals surface area contributed by atoms with Crippen molar-refractivity contribution in [1.29, 1.82) is 0 Å². The highest BCUT2D eigenvalue weighted by Crippen LogP contribution is 2.36. The summed E-state index contributed by atoms with van der Waals surface area (Å²) in [4.78, 5) is 32.6. The quantitative estimate of drug-likeness (QED) is 0.534. The molecule has 2 N–H and O–H groups in total. The molecule has 1 aliphatic carbocycles. The highest BCUT2D eigenvalue weighted by atomic mass is 79.9. The van der Waals surface area contributed by atoms with E-state index < -0.39 is 5.54 Å². The number of benzene rings is 2. The van der Waals surface area contributed by atoms with Crippen LogP contribution in [0, 0.1) is 6.92 Å². The summed E-state index contributed by atoms with van der Waals surface area (Å²) >= 11 is 3.44. The fraction of sp³-hybridized carbons (Fsp3) is 0.217. The third-order valence-electron chi connectivity index (χ3n) is 5.10. The van der Waals surface area contributed by atoms with E-state index in [0.29, 0.717) is 24.9 Å². The number of aromatic nitrogens is 2. The molecule has 158 valence electrons. The van der Waals surface area contributed by atoms with E-state index >= 15 is 0 Å². The normalized spacial score (nSPS) is 13.9. The van der Waals surface area contributed by atoms with Gasteiger partial charge in [0.15, 0.2) is 0 Å². The molecular weight excluding hydrogens is 460 g/mol. The van der Waals surface area contributed by atoms with Crippen molar-refractivity contribution in [3.05, 3.63) is 82.3 Å². The van der Waals surface area contributed by atoms with Crippen molar-refractivity contribution < 1.29 is 14.3 Å². The molecule has 2 aromatic carbocycles. The average molecular weight is 481 g/mol. The average Bonchev–Trinajstić information content (AvgIpc) is 3.56. The van der Waals surface area contributed by atoms with E-state index in [-0.39, 0.29) is 11.8 Å². The molecule has 0 aliphatic heterocycles. The Balaban J connectivity index is 1.31. The first-order chi connectivity index (χ1) is 14.9. The largest absolute Gasteiger partial charge is 0.457 e. The van der Waals surface area contributed by atoms with E-state index in [1.807, 2.05) is 49.4 Å². The van der Waals surface area contributed by atoms with Gasteiger partial charge in [0.25, 0.3) is 5.91 Å². The summed E-state index contributed by atoms with van der Waals surface area (Å²) in [7, 11) is 0. The van der Waals surface area contributed by atoms with Gasteiger partial charge in [0.2, 0.25) is 5.91 Å². The maximum absolute atomic E-state index is 12.7. The summed E-state index contributed by atoms with van der Waals surface area (Å²) in [5.41, 5.74) is 1.45. The minimum Gasteiger partial charge on any atom is -0.457 e. The van der Waals surface area contributed by atoms with Crippen LogP contribution in [0.3, 0.4) is 0 Å². The number of carbonyl (C=O) groups excluding carboxylic acids is 2. The van der Waals surface area contributed by atoms with Crippen molar-refractivity contribution in [1.82, 2.24) is 20.6 Å². The molecule has 1 fully saturated rings. The zero-order chi connectivity index (χ0) is 21.8. The van der Waals surface area contributed by atoms with Gasteiger partial charge in [-0.3, -0.25) is 9.59 Å². The third kappa shape index (κ3) is 5.08. The summed E-state index contributed by atoms with van der Waals surface area (Å²) in [6, 6.07) is 13.4. The monoisotopic (exact) mass is 480 g/mol. The van der Waals surface area contributed by atoms with Crippen LogP contribution in [0.25, 0.3) is 0 Å². The lowest BCUT2D eigenvalue weighted by molar-refractivity contribution is -0.124. The van der Waals surface area contributed by atoms with Gasteiger partial charge in [0, 0.05) is 23.4 Å². The van der Waals surface area contributed by atoms with Crippen LogP contribution in [0.5, 0.6) is 11.5 Å². The summed E-state index contributed by atoms with van der Waals surface area (Å²) in [5, 5.41) is 5.72. The Morgan fingerprint density at radius 3 is 2.45 bits per heavy atom. The zero-order valence-corrected chi connectivity index (χ0v) is 18.5. The maximum atomic E-state index is 12.7. The Labute approximate surface area is 188 Å². The topological polar surface area (TPSA) is 93.2 Å². The molecule has 4 rings (SSSR count). The van der Waals surface area contributed by atoms with Crippen LogP contribution in [-0.4, -0.2) is 27.3 Å². The van der Waals surface area contributed by atoms with Crippen molar-refractivity contribution in [2.45, 2.75) is 31.8 Å². The molecular formula is C23H21BrN4O3. The highest BCUT2D eigenvalue weighted by molar-refractivity contribution is 9.10. The molecule has 0 saturated heterocycles. The fourth-order valence-electron chi connectivity index (χ4n) is 3.12. The van der Waals surface area contributed by atoms with Gasteiger partial charge in [-0.2, -0.15) is 0 Å². The van der Waals surface area contributed by atoms with Crippen LogP contribution in [-0.2, 0) is 11.3 Å². The fourth-order valence-corrected chi connectivity index (χ4v) is 3.60. The van der Waals surface area contributed by atoms with Gasteiger partial charge < -0.3 is 15.4 Å². The summed E-state index contributed by atoms with van der Waals surface area (Å²) < 4.78 is 6.93. The number of hydrogen-bond donors (Lipinski definition) is 2. The molecule has 0 atom stereocenters. The third-order valence-corrected chi connectivity index (χ3v) is 5.59. The number of ether oxygens (including phenoxy) is 1. The van der Waals surface area contributed by atoms with E-state index in [1.54, 1.807) is 0 Å². The number of hydrogen-bond acceptors (Lipinski definition) is 5. The van der Waals surface area contributed by atoms with Crippen molar-refractivity contribution in [2.24, 2.45) is 0 Å². The molecule has 0 radical (unpaired) electrons. The van der Waals surface area contributed by atoms with Gasteiger partial charge in [-0.25, -0.2) is 9.97 Å². The Morgan fingerprint density at radius 2 is 1.81 bits per heavy atom. The smallest absolute Gasteiger partial charge is 0.255 e. The number of aryl methyl sites for hydroxylation is 1. The first kappa shape index (κ1) is 21.0. The minimum atomic E-state index is -0.852. The molecule has 1 heterocycles. The first-order valence-electron chi connectivity index (χ1n) is 9.84. The molecule has 0 bridgehead atoms. The Bertz CT molecular complexity index is 1100. The van der Waals surface area contributed by atoms with Crippen molar-refractivity contribution in [3.63, 3.8) is 0 Å². The zero-order valence-electron chi connectivity index (χ0n) is 16.9. The van der Waals surface area contributed by atoms with Gasteiger partial charge in [0.05, 0.1) is 5.56 Å². The number of rotatable bonds is 7. The Kier molecular flexibility index (Phi) is 5.99. The van der Waals surface area contributed by atoms with E-state index in [1.165, 1.54) is 18.7 Å². The predicted molar refractivity (Wildman–Crippen MR) is 119 cm³/mol. The number of halogens is 1. The van der Waals surface area contributed by atoms with E-state index in [0.717, 1.165) is 27.1 Å². The van der Waals surface area contributed by atoms with E-state index in [4.69, 9.17) is 4.74 Å². The summed E-state index contributed by atoms with van der Waals surface area (Å²) in [6.45, 7) is 2.35. The van der Waals surface area contributed by atoms with Crippen LogP contribution in [0.2, 0.25) is 0 Å². The molecule has 1 aliphatic rings. The molecule has 1 saturated carbocycles. The van der Waals surface area contributed by atoms with Gasteiger partial charge in [-0.15, -0.1) is 0 Å². The van der Waals surface area contributed by atoms with Crippen molar-refractivity contribution in [2.75, 3.05) is 0 Å². The van der Waals surface area contributed by atoms with E-state index in [2.05, 4.69) is 36.5 Å². The lowest BCUT2D eigenvalue weighted by Gasteiger charge is -2.17. The van der Waals surface area contributed by atoms with Gasteiger partial charge in [-0.05, 0) is 61.2 Å². The van der Waals surface area contributed by atoms with Crippen molar-refractivity contribution in [3.8, 4) is 11.5 Å². The molecule has 1 aromatic heterocycles. The molecule has 3 aromatic rings. The van der Waals surface area contributed by atoms with Crippen LogP contribution in [0.15, 0.2) is 65.7 Å². The van der Waals surface area contributed by atoms with Gasteiger partial charge in [-0.1, -0.05) is 28.1 Å². The van der Waals surface area contributed by atoms with Crippen molar-refractivity contribution >= 4 is 27.7 Å². The highest BCUT2D eigenvalue weighted by Gasteiger charge is 2.51. The molecule has 2 amide bonds. The van der Waals surface area contributed by atoms with Gasteiger partial charge >= 0.3 is 0 Å². The standard InChI is InChI=1S/C23H21BrN4O3/c1-15-10-18(24)4-7-20(15)31-19-5-2-16(3-6-19)11-27-22(30)23(8-9-23)28-21(29)17-12-25-14-26-13-17/h2-7,10,12-14H,8-9,11H2,1H3,(H,27,30)(H,28,29). The van der Waals surface area contributed by atoms with Crippen LogP contribution in [0.1, 0.15) is 34.3 Å². The van der Waals surface area contributed by atoms with Crippen LogP contribution >= 0.6 is 15.9 Å². The first-order valence-corrected chi connectivity index (χ1v) is 10.6. The SMILES string of the molecule is Cc1cc(Br)ccc1Oc1ccc(CNC(=O)C2(NC(=O)c3cncnc3)CC2)cc1. The molecule has 7 nitrogen and oxygen atoms in total. The number of nitrogens with one attached hydrogen (secondary N) is 2. The molecule has 0 spiro atoms. The minimum absolute atomic E-state index is 0.191. The molecule has 8 heteroatoms. The second-order valence-corrected chi connectivity index (χ2v) is 8.42. The number of amides is 2. The van der Waals surface area contributed by atoms with Gasteiger partial charge in [0.1, 0.15) is 23.4 Å². The Hall–Kier alpha value is -3.26. The van der Waals surface area contributed by atoms with E-state index in [9.17, 15) is 9.59 Å². The number of carbonyl (C=O) groups is 2. The lowest BCUT2D eigenvalue weighted by Crippen LogP contribution is -2.48. The summed E-state index contributed by atoms with van der Waals surface area (Å²) in [5.74, 6) is 0.970. The summed E-state index contributed by atoms with van der Waals surface area (Å²) in [6.07, 6.45) is 5.42. The maximum Gasteiger partial charge on any atom is 0.255 e. The molecule has 31 heavy (non-hydrogen) atoms. The predicted octanol–water partition coefficient (Wildman–Crippen LogP) is 3.92. The molecule has 0 unspecified atom stereocenters. The number of nitrogens with zero attached hydrogens (tertiary/aromatic N) is 2.